The molecule has 0 radical (unpaired) electrons. The second kappa shape index (κ2) is 21.1. The van der Waals surface area contributed by atoms with E-state index in [0.717, 1.165) is 70.5 Å². The molecule has 0 aliphatic heterocycles. The Balaban J connectivity index is 0.000000159. The van der Waals surface area contributed by atoms with Crippen molar-refractivity contribution in [2.45, 2.75) is 50.4 Å². The fourth-order valence-electron chi connectivity index (χ4n) is 11.0. The average Bonchev–Trinajstić information content (AvgIpc) is 4.25. The molecule has 6 aromatic carbocycles. The Bertz CT molecular complexity index is 3300. The molecule has 4 atom stereocenters. The molecule has 0 fully saturated rings. The van der Waals surface area contributed by atoms with Crippen molar-refractivity contribution in [1.29, 1.82) is 0 Å². The van der Waals surface area contributed by atoms with Crippen molar-refractivity contribution < 1.29 is 9.59 Å². The van der Waals surface area contributed by atoms with Crippen LogP contribution in [0.1, 0.15) is 69.7 Å². The van der Waals surface area contributed by atoms with Crippen molar-refractivity contribution >= 4 is 44.8 Å². The third kappa shape index (κ3) is 9.86. The maximum atomic E-state index is 13.7. The molecular weight excluding hydrogens is 949 g/mol. The van der Waals surface area contributed by atoms with E-state index in [1.165, 1.54) is 56.1 Å². The molecular formula is C64H54N6O2S2. The van der Waals surface area contributed by atoms with E-state index in [-0.39, 0.29) is 23.7 Å². The average molecular weight is 1000 g/mol. The summed E-state index contributed by atoms with van der Waals surface area (Å²) >= 11 is 2.97. The number of rotatable bonds is 12. The molecule has 0 saturated heterocycles. The van der Waals surface area contributed by atoms with E-state index in [2.05, 4.69) is 156 Å². The molecule has 0 spiro atoms. The van der Waals surface area contributed by atoms with Crippen molar-refractivity contribution in [2.75, 3.05) is 10.6 Å². The third-order valence-electron chi connectivity index (χ3n) is 15.0. The normalized spacial score (nSPS) is 18.4. The number of carbonyl (C=O) groups excluding carboxylic acids is 2. The first-order chi connectivity index (χ1) is 36.2. The lowest BCUT2D eigenvalue weighted by molar-refractivity contribution is -0.121. The van der Waals surface area contributed by atoms with Gasteiger partial charge in [0.05, 0.1) is 23.2 Å². The van der Waals surface area contributed by atoms with Gasteiger partial charge in [-0.15, -0.1) is 22.7 Å². The number of nitrogens with one attached hydrogen (secondary N) is 2. The number of thiazole rings is 2. The molecule has 8 nitrogen and oxygen atoms in total. The van der Waals surface area contributed by atoms with Crippen LogP contribution < -0.4 is 10.6 Å². The summed E-state index contributed by atoms with van der Waals surface area (Å²) in [5, 5.41) is 11.7. The number of fused-ring (bicyclic) bond motifs is 2. The van der Waals surface area contributed by atoms with Crippen LogP contribution in [0.2, 0.25) is 0 Å². The molecule has 364 valence electrons. The summed E-state index contributed by atoms with van der Waals surface area (Å²) in [6.07, 6.45) is 10.1. The summed E-state index contributed by atoms with van der Waals surface area (Å²) in [6, 6.07) is 62.7. The first kappa shape index (κ1) is 48.1. The van der Waals surface area contributed by atoms with Gasteiger partial charge in [0.2, 0.25) is 11.8 Å². The Morgan fingerprint density at radius 3 is 1.20 bits per heavy atom. The van der Waals surface area contributed by atoms with Crippen LogP contribution in [0.15, 0.2) is 218 Å². The highest BCUT2D eigenvalue weighted by atomic mass is 32.1. The summed E-state index contributed by atoms with van der Waals surface area (Å²) in [6.45, 7) is 4.39. The number of aromatic nitrogens is 4. The molecule has 0 saturated carbocycles. The van der Waals surface area contributed by atoms with Crippen LogP contribution in [0, 0.1) is 11.8 Å². The number of anilines is 2. The highest BCUT2D eigenvalue weighted by molar-refractivity contribution is 7.14. The Hall–Kier alpha value is -8.18. The minimum atomic E-state index is -0.390. The minimum absolute atomic E-state index is 0.0187. The van der Waals surface area contributed by atoms with E-state index >= 15 is 0 Å². The van der Waals surface area contributed by atoms with Gasteiger partial charge in [0, 0.05) is 59.2 Å². The number of hydrogen-bond acceptors (Lipinski definition) is 8. The molecule has 74 heavy (non-hydrogen) atoms. The molecule has 2 N–H and O–H groups in total. The van der Waals surface area contributed by atoms with Gasteiger partial charge in [-0.05, 0) is 104 Å². The lowest BCUT2D eigenvalue weighted by Gasteiger charge is -2.32. The monoisotopic (exact) mass is 1000 g/mol. The SMILES string of the molecule is C[C@]1(c2ccccc2)c2ccccc2C[C@@H]1C(=O)Nc1nc(Cc2ccc(-c3ccncc3)cc2)cs1.C[C@]1(c2ccccc2)c2ccccc2C[C@H]1C(=O)Nc1nc(Cc2ccc(-c3ccncc3)cc2)cs1. The molecule has 4 aromatic heterocycles. The minimum Gasteiger partial charge on any atom is -0.302 e. The Morgan fingerprint density at radius 2 is 0.811 bits per heavy atom. The number of hydrogen-bond donors (Lipinski definition) is 2. The van der Waals surface area contributed by atoms with Crippen LogP contribution >= 0.6 is 22.7 Å². The largest absolute Gasteiger partial charge is 0.302 e. The molecule has 2 aliphatic rings. The number of benzene rings is 6. The lowest BCUT2D eigenvalue weighted by Crippen LogP contribution is -2.38. The molecule has 12 rings (SSSR count). The van der Waals surface area contributed by atoms with Crippen molar-refractivity contribution in [3.8, 4) is 22.3 Å². The fraction of sp³-hybridized carbons (Fsp3) is 0.156. The van der Waals surface area contributed by atoms with Crippen LogP contribution in [0.25, 0.3) is 22.3 Å². The highest BCUT2D eigenvalue weighted by Crippen LogP contribution is 2.50. The molecule has 2 amide bonds. The predicted molar refractivity (Wildman–Crippen MR) is 300 cm³/mol. The lowest BCUT2D eigenvalue weighted by atomic mass is 9.71. The molecule has 10 aromatic rings. The van der Waals surface area contributed by atoms with E-state index in [9.17, 15) is 9.59 Å². The summed E-state index contributed by atoms with van der Waals surface area (Å²) in [7, 11) is 0. The summed E-state index contributed by atoms with van der Waals surface area (Å²) in [5.41, 5.74) is 15.4. The number of nitrogens with zero attached hydrogens (tertiary/aromatic N) is 4. The van der Waals surface area contributed by atoms with Gasteiger partial charge in [0.25, 0.3) is 0 Å². The molecule has 2 aliphatic carbocycles. The van der Waals surface area contributed by atoms with Gasteiger partial charge in [-0.1, -0.05) is 172 Å². The number of amides is 2. The predicted octanol–water partition coefficient (Wildman–Crippen LogP) is 13.8. The zero-order chi connectivity index (χ0) is 50.5. The summed E-state index contributed by atoms with van der Waals surface area (Å²) in [5.74, 6) is -0.379. The van der Waals surface area contributed by atoms with Crippen LogP contribution in [-0.2, 0) is 46.1 Å². The highest BCUT2D eigenvalue weighted by Gasteiger charge is 2.49. The Kier molecular flexibility index (Phi) is 13.7. The van der Waals surface area contributed by atoms with E-state index in [1.54, 1.807) is 24.8 Å². The number of carbonyl (C=O) groups is 2. The van der Waals surface area contributed by atoms with Gasteiger partial charge in [-0.3, -0.25) is 19.6 Å². The zero-order valence-corrected chi connectivity index (χ0v) is 42.8. The van der Waals surface area contributed by atoms with E-state index in [1.807, 2.05) is 71.4 Å². The van der Waals surface area contributed by atoms with Crippen molar-refractivity contribution in [3.05, 3.63) is 273 Å². The van der Waals surface area contributed by atoms with Crippen molar-refractivity contribution in [1.82, 2.24) is 19.9 Å². The quantitative estimate of drug-likeness (QED) is 0.126. The first-order valence-corrected chi connectivity index (χ1v) is 26.8. The molecule has 10 heteroatoms. The smallest absolute Gasteiger partial charge is 0.230 e. The number of pyridine rings is 2. The van der Waals surface area contributed by atoms with Crippen molar-refractivity contribution in [3.63, 3.8) is 0 Å². The van der Waals surface area contributed by atoms with E-state index < -0.39 is 10.8 Å². The standard InChI is InChI=1S/2C32H27N3OS/c2*1-32(26-8-3-2-4-9-26)28-10-6-5-7-25(28)20-29(32)30(36)35-31-34-27(21-37-31)19-22-11-13-23(14-12-22)24-15-17-33-18-16-24/h2*2-18,21,29H,19-20H2,1H3,(H,34,35,36)/t29-,32+;29-,32-/m10/s1. The van der Waals surface area contributed by atoms with Crippen LogP contribution in [0.4, 0.5) is 10.3 Å². The Morgan fingerprint density at radius 1 is 0.459 bits per heavy atom. The Labute approximate surface area is 440 Å². The van der Waals surface area contributed by atoms with Gasteiger partial charge in [0.1, 0.15) is 0 Å². The molecule has 0 bridgehead atoms. The first-order valence-electron chi connectivity index (χ1n) is 25.0. The second-order valence-corrected chi connectivity index (χ2v) is 21.2. The summed E-state index contributed by atoms with van der Waals surface area (Å²) in [4.78, 5) is 45.0. The fourth-order valence-corrected chi connectivity index (χ4v) is 12.5. The van der Waals surface area contributed by atoms with E-state index in [0.29, 0.717) is 10.3 Å². The molecule has 0 unspecified atom stereocenters. The maximum absolute atomic E-state index is 13.7. The van der Waals surface area contributed by atoms with Crippen LogP contribution in [0.5, 0.6) is 0 Å². The molecule has 4 heterocycles. The maximum Gasteiger partial charge on any atom is 0.230 e. The summed E-state index contributed by atoms with van der Waals surface area (Å²) < 4.78 is 0. The van der Waals surface area contributed by atoms with E-state index in [4.69, 9.17) is 9.97 Å². The van der Waals surface area contributed by atoms with Crippen LogP contribution in [0.3, 0.4) is 0 Å². The second-order valence-electron chi connectivity index (χ2n) is 19.5. The van der Waals surface area contributed by atoms with Gasteiger partial charge >= 0.3 is 0 Å². The van der Waals surface area contributed by atoms with Crippen LogP contribution in [-0.4, -0.2) is 31.8 Å². The van der Waals surface area contributed by atoms with Gasteiger partial charge in [0.15, 0.2) is 10.3 Å². The third-order valence-corrected chi connectivity index (χ3v) is 16.7. The zero-order valence-electron chi connectivity index (χ0n) is 41.2. The topological polar surface area (TPSA) is 110 Å². The van der Waals surface area contributed by atoms with Gasteiger partial charge in [-0.2, -0.15) is 0 Å². The van der Waals surface area contributed by atoms with Crippen molar-refractivity contribution in [2.24, 2.45) is 11.8 Å². The van der Waals surface area contributed by atoms with Gasteiger partial charge < -0.3 is 10.6 Å². The van der Waals surface area contributed by atoms with Gasteiger partial charge in [-0.25, -0.2) is 9.97 Å².